The molecule has 0 heterocycles. The van der Waals surface area contributed by atoms with Gasteiger partial charge in [-0.3, -0.25) is 0 Å². The molecule has 0 amide bonds. The number of aliphatic hydroxyl groups is 1. The van der Waals surface area contributed by atoms with Gasteiger partial charge >= 0.3 is 0 Å². The van der Waals surface area contributed by atoms with Crippen molar-refractivity contribution in [3.63, 3.8) is 0 Å². The molecule has 0 saturated heterocycles. The summed E-state index contributed by atoms with van der Waals surface area (Å²) in [5, 5.41) is 19.0. The smallest absolute Gasteiger partial charge is 0.0994 e. The van der Waals surface area contributed by atoms with E-state index < -0.39 is 0 Å². The number of nitriles is 1. The van der Waals surface area contributed by atoms with Crippen LogP contribution in [0.2, 0.25) is 0 Å². The first kappa shape index (κ1) is 17.2. The quantitative estimate of drug-likeness (QED) is 0.810. The molecule has 1 aromatic rings. The molecule has 2 nitrogen and oxygen atoms in total. The maximum atomic E-state index is 9.77. The van der Waals surface area contributed by atoms with Crippen molar-refractivity contribution >= 4 is 20.4 Å². The molecular weight excluding hydrogens is 338 g/mol. The summed E-state index contributed by atoms with van der Waals surface area (Å²) in [5.41, 5.74) is 4.03. The van der Waals surface area contributed by atoms with Crippen LogP contribution in [0, 0.1) is 37.0 Å². The summed E-state index contributed by atoms with van der Waals surface area (Å²) < 4.78 is 1.06. The molecule has 1 saturated carbocycles. The standard InChI is InChI=1S/C19H24BrNO/c1-4-14(15-5-6-17(22)8-15)10-19(20)18-9-16(11-21)12(2)7-13(18)3/h7,9-10,14-15,17,22H,4-6,8H2,1-3H3/b19-10+/t14?,15-,17-/m1/s1. The van der Waals surface area contributed by atoms with E-state index in [0.717, 1.165) is 46.9 Å². The third kappa shape index (κ3) is 3.80. The second-order valence-corrected chi connectivity index (χ2v) is 7.26. The zero-order chi connectivity index (χ0) is 16.3. The van der Waals surface area contributed by atoms with Crippen molar-refractivity contribution in [3.05, 3.63) is 40.5 Å². The fourth-order valence-electron chi connectivity index (χ4n) is 3.48. The van der Waals surface area contributed by atoms with Crippen molar-refractivity contribution in [1.82, 2.24) is 0 Å². The molecule has 0 aromatic heterocycles. The first-order valence-corrected chi connectivity index (χ1v) is 8.82. The van der Waals surface area contributed by atoms with E-state index in [4.69, 9.17) is 0 Å². The van der Waals surface area contributed by atoms with Gasteiger partial charge in [0.15, 0.2) is 0 Å². The van der Waals surface area contributed by atoms with Gasteiger partial charge in [-0.1, -0.05) is 35.0 Å². The third-order valence-corrected chi connectivity index (χ3v) is 5.52. The molecule has 1 N–H and O–H groups in total. The predicted molar refractivity (Wildman–Crippen MR) is 94.7 cm³/mol. The summed E-state index contributed by atoms with van der Waals surface area (Å²) >= 11 is 3.72. The number of rotatable bonds is 4. The number of halogens is 1. The maximum absolute atomic E-state index is 9.77. The van der Waals surface area contributed by atoms with E-state index in [0.29, 0.717) is 11.8 Å². The normalized spacial score (nSPS) is 23.4. The van der Waals surface area contributed by atoms with Gasteiger partial charge in [0.1, 0.15) is 0 Å². The molecule has 118 valence electrons. The average Bonchev–Trinajstić information content (AvgIpc) is 2.91. The van der Waals surface area contributed by atoms with E-state index in [-0.39, 0.29) is 6.10 Å². The monoisotopic (exact) mass is 361 g/mol. The molecule has 2 rings (SSSR count). The Bertz CT molecular complexity index is 615. The van der Waals surface area contributed by atoms with Crippen LogP contribution in [0.5, 0.6) is 0 Å². The van der Waals surface area contributed by atoms with Gasteiger partial charge in [0.05, 0.1) is 17.7 Å². The second-order valence-electron chi connectivity index (χ2n) is 6.41. The summed E-state index contributed by atoms with van der Waals surface area (Å²) in [6.07, 6.45) is 6.16. The van der Waals surface area contributed by atoms with E-state index in [1.165, 1.54) is 5.56 Å². The van der Waals surface area contributed by atoms with Gasteiger partial charge in [0, 0.05) is 4.48 Å². The SMILES string of the molecule is CCC(/C=C(/Br)c1cc(C#N)c(C)cc1C)[C@@H]1CC[C@@H](O)C1. The lowest BCUT2D eigenvalue weighted by Gasteiger charge is -2.19. The van der Waals surface area contributed by atoms with Crippen LogP contribution < -0.4 is 0 Å². The first-order chi connectivity index (χ1) is 10.5. The van der Waals surface area contributed by atoms with Crippen LogP contribution in [0.4, 0.5) is 0 Å². The van der Waals surface area contributed by atoms with Crippen molar-refractivity contribution in [2.45, 2.75) is 52.6 Å². The van der Waals surface area contributed by atoms with Crippen LogP contribution in [0.25, 0.3) is 4.48 Å². The minimum absolute atomic E-state index is 0.127. The minimum atomic E-state index is -0.127. The van der Waals surface area contributed by atoms with E-state index in [2.05, 4.69) is 48.0 Å². The van der Waals surface area contributed by atoms with Crippen molar-refractivity contribution in [2.75, 3.05) is 0 Å². The van der Waals surface area contributed by atoms with Crippen LogP contribution in [0.15, 0.2) is 18.2 Å². The van der Waals surface area contributed by atoms with E-state index >= 15 is 0 Å². The molecule has 0 aliphatic heterocycles. The van der Waals surface area contributed by atoms with E-state index in [9.17, 15) is 10.4 Å². The number of allylic oxidation sites excluding steroid dienone is 1. The fraction of sp³-hybridized carbons (Fsp3) is 0.526. The Labute approximate surface area is 142 Å². The molecule has 1 aliphatic rings. The van der Waals surface area contributed by atoms with E-state index in [1.807, 2.05) is 13.0 Å². The van der Waals surface area contributed by atoms with E-state index in [1.54, 1.807) is 0 Å². The minimum Gasteiger partial charge on any atom is -0.393 e. The molecule has 0 radical (unpaired) electrons. The van der Waals surface area contributed by atoms with Gasteiger partial charge in [-0.2, -0.15) is 5.26 Å². The highest BCUT2D eigenvalue weighted by Crippen LogP contribution is 2.37. The number of hydrogen-bond donors (Lipinski definition) is 1. The highest BCUT2D eigenvalue weighted by atomic mass is 79.9. The first-order valence-electron chi connectivity index (χ1n) is 8.03. The lowest BCUT2D eigenvalue weighted by atomic mass is 9.87. The molecule has 1 unspecified atom stereocenters. The van der Waals surface area contributed by atoms with Crippen LogP contribution in [-0.4, -0.2) is 11.2 Å². The van der Waals surface area contributed by atoms with Crippen LogP contribution >= 0.6 is 15.9 Å². The van der Waals surface area contributed by atoms with Gasteiger partial charge in [0.2, 0.25) is 0 Å². The summed E-state index contributed by atoms with van der Waals surface area (Å²) in [6, 6.07) is 6.31. The van der Waals surface area contributed by atoms with Gasteiger partial charge in [0.25, 0.3) is 0 Å². The van der Waals surface area contributed by atoms with Crippen molar-refractivity contribution in [2.24, 2.45) is 11.8 Å². The molecule has 0 spiro atoms. The Balaban J connectivity index is 2.29. The molecule has 1 aromatic carbocycles. The highest BCUT2D eigenvalue weighted by Gasteiger charge is 2.28. The Kier molecular flexibility index (Phi) is 5.83. The Morgan fingerprint density at radius 2 is 2.14 bits per heavy atom. The molecule has 1 fully saturated rings. The Morgan fingerprint density at radius 1 is 1.41 bits per heavy atom. The highest BCUT2D eigenvalue weighted by molar-refractivity contribution is 9.15. The summed E-state index contributed by atoms with van der Waals surface area (Å²) in [4.78, 5) is 0. The van der Waals surface area contributed by atoms with Crippen molar-refractivity contribution in [3.8, 4) is 6.07 Å². The second kappa shape index (κ2) is 7.44. The van der Waals surface area contributed by atoms with Crippen molar-refractivity contribution < 1.29 is 5.11 Å². The molecule has 3 atom stereocenters. The largest absolute Gasteiger partial charge is 0.393 e. The number of aryl methyl sites for hydroxylation is 2. The fourth-order valence-corrected chi connectivity index (χ4v) is 4.24. The topological polar surface area (TPSA) is 44.0 Å². The average molecular weight is 362 g/mol. The molecule has 1 aliphatic carbocycles. The maximum Gasteiger partial charge on any atom is 0.0994 e. The number of aliphatic hydroxyl groups excluding tert-OH is 1. The van der Waals surface area contributed by atoms with Gasteiger partial charge in [-0.05, 0) is 74.1 Å². The Morgan fingerprint density at radius 3 is 2.68 bits per heavy atom. The summed E-state index contributed by atoms with van der Waals surface area (Å²) in [5.74, 6) is 1.03. The molecule has 3 heteroatoms. The van der Waals surface area contributed by atoms with Crippen molar-refractivity contribution in [1.29, 1.82) is 5.26 Å². The summed E-state index contributed by atoms with van der Waals surface area (Å²) in [6.45, 7) is 6.26. The zero-order valence-electron chi connectivity index (χ0n) is 13.6. The van der Waals surface area contributed by atoms with Gasteiger partial charge in [-0.25, -0.2) is 0 Å². The zero-order valence-corrected chi connectivity index (χ0v) is 15.2. The Hall–Kier alpha value is -1.11. The third-order valence-electron chi connectivity index (χ3n) is 4.83. The van der Waals surface area contributed by atoms with Gasteiger partial charge < -0.3 is 5.11 Å². The predicted octanol–water partition coefficient (Wildman–Crippen LogP) is 5.10. The number of hydrogen-bond acceptors (Lipinski definition) is 2. The lowest BCUT2D eigenvalue weighted by molar-refractivity contribution is 0.173. The number of benzene rings is 1. The van der Waals surface area contributed by atoms with Crippen LogP contribution in [-0.2, 0) is 0 Å². The van der Waals surface area contributed by atoms with Crippen LogP contribution in [0.3, 0.4) is 0 Å². The molecular formula is C19H24BrNO. The van der Waals surface area contributed by atoms with Crippen LogP contribution in [0.1, 0.15) is 54.9 Å². The molecule has 0 bridgehead atoms. The summed E-state index contributed by atoms with van der Waals surface area (Å²) in [7, 11) is 0. The van der Waals surface area contributed by atoms with Gasteiger partial charge in [-0.15, -0.1) is 0 Å². The molecule has 22 heavy (non-hydrogen) atoms. The lowest BCUT2D eigenvalue weighted by Crippen LogP contribution is -2.10. The number of nitrogens with zero attached hydrogens (tertiary/aromatic N) is 1.